The molecule has 0 atom stereocenters. The topological polar surface area (TPSA) is 76.1 Å². The molecule has 2 aliphatic rings. The largest absolute Gasteiger partial charge is 0.493 e. The number of allylic oxidation sites excluding steroid dienone is 1. The molecule has 3 heterocycles. The van der Waals surface area contributed by atoms with Crippen LogP contribution in [-0.2, 0) is 0 Å². The van der Waals surface area contributed by atoms with Crippen molar-refractivity contribution in [1.82, 2.24) is 9.88 Å². The van der Waals surface area contributed by atoms with Crippen molar-refractivity contribution in [3.8, 4) is 11.5 Å². The van der Waals surface area contributed by atoms with Gasteiger partial charge in [0.25, 0.3) is 0 Å². The van der Waals surface area contributed by atoms with Crippen molar-refractivity contribution in [3.05, 3.63) is 59.7 Å². The zero-order valence-electron chi connectivity index (χ0n) is 14.5. The summed E-state index contributed by atoms with van der Waals surface area (Å²) in [6.45, 7) is 1.38. The van der Waals surface area contributed by atoms with Gasteiger partial charge in [0.15, 0.2) is 17.3 Å². The minimum Gasteiger partial charge on any atom is -0.493 e. The van der Waals surface area contributed by atoms with Crippen LogP contribution in [0.3, 0.4) is 0 Å². The predicted molar refractivity (Wildman–Crippen MR) is 97.9 cm³/mol. The molecule has 0 saturated carbocycles. The second-order valence-corrected chi connectivity index (χ2v) is 5.87. The molecule has 0 amide bonds. The van der Waals surface area contributed by atoms with Gasteiger partial charge in [0, 0.05) is 42.2 Å². The van der Waals surface area contributed by atoms with Gasteiger partial charge in [-0.2, -0.15) is 0 Å². The number of aromatic nitrogens is 1. The number of anilines is 1. The SMILES string of the molecule is COc1cc2c(cc1OC)C1=NCCN1C(=CC(=O)c1cccnc1)N2. The normalized spacial score (nSPS) is 16.5. The van der Waals surface area contributed by atoms with E-state index in [1.54, 1.807) is 44.8 Å². The number of amidine groups is 1. The standard InChI is InChI=1S/C19H18N4O3/c1-25-16-8-13-14(9-17(16)26-2)22-18(23-7-6-21-19(13)23)10-15(24)12-4-3-5-20-11-12/h3-5,8-11,22H,6-7H2,1-2H3. The Kier molecular flexibility index (Phi) is 4.04. The van der Waals surface area contributed by atoms with Crippen molar-refractivity contribution < 1.29 is 14.3 Å². The monoisotopic (exact) mass is 350 g/mol. The number of ketones is 1. The van der Waals surface area contributed by atoms with Crippen LogP contribution in [0.25, 0.3) is 0 Å². The van der Waals surface area contributed by atoms with Gasteiger partial charge in [-0.1, -0.05) is 0 Å². The highest BCUT2D eigenvalue weighted by Crippen LogP contribution is 2.38. The number of nitrogens with one attached hydrogen (secondary N) is 1. The van der Waals surface area contributed by atoms with Gasteiger partial charge in [-0.05, 0) is 18.2 Å². The van der Waals surface area contributed by atoms with Crippen molar-refractivity contribution in [2.45, 2.75) is 0 Å². The maximum Gasteiger partial charge on any atom is 0.191 e. The highest BCUT2D eigenvalue weighted by Gasteiger charge is 2.31. The van der Waals surface area contributed by atoms with Crippen LogP contribution < -0.4 is 14.8 Å². The lowest BCUT2D eigenvalue weighted by molar-refractivity contribution is 0.104. The van der Waals surface area contributed by atoms with Crippen LogP contribution in [-0.4, -0.2) is 48.8 Å². The average Bonchev–Trinajstić information content (AvgIpc) is 3.18. The Labute approximate surface area is 151 Å². The fraction of sp³-hybridized carbons (Fsp3) is 0.211. The van der Waals surface area contributed by atoms with Crippen LogP contribution >= 0.6 is 0 Å². The van der Waals surface area contributed by atoms with Gasteiger partial charge in [0.05, 0.1) is 26.5 Å². The van der Waals surface area contributed by atoms with Crippen molar-refractivity contribution in [2.75, 3.05) is 32.6 Å². The number of carbonyl (C=O) groups excluding carboxylic acids is 1. The molecule has 0 fully saturated rings. The fourth-order valence-corrected chi connectivity index (χ4v) is 3.12. The van der Waals surface area contributed by atoms with E-state index < -0.39 is 0 Å². The van der Waals surface area contributed by atoms with E-state index in [2.05, 4.69) is 15.3 Å². The first-order chi connectivity index (χ1) is 12.7. The van der Waals surface area contributed by atoms with E-state index in [1.807, 2.05) is 17.0 Å². The molecule has 0 spiro atoms. The van der Waals surface area contributed by atoms with Crippen molar-refractivity contribution in [2.24, 2.45) is 4.99 Å². The maximum atomic E-state index is 12.6. The van der Waals surface area contributed by atoms with Crippen LogP contribution in [0.2, 0.25) is 0 Å². The van der Waals surface area contributed by atoms with Crippen LogP contribution in [0.4, 0.5) is 5.69 Å². The van der Waals surface area contributed by atoms with E-state index in [-0.39, 0.29) is 5.78 Å². The van der Waals surface area contributed by atoms with E-state index in [4.69, 9.17) is 9.47 Å². The number of carbonyl (C=O) groups is 1. The molecule has 0 radical (unpaired) electrons. The first-order valence-electron chi connectivity index (χ1n) is 8.22. The van der Waals surface area contributed by atoms with Crippen LogP contribution in [0.5, 0.6) is 11.5 Å². The average molecular weight is 350 g/mol. The van der Waals surface area contributed by atoms with Gasteiger partial charge < -0.3 is 19.7 Å². The zero-order chi connectivity index (χ0) is 18.1. The Morgan fingerprint density at radius 1 is 1.27 bits per heavy atom. The van der Waals surface area contributed by atoms with Gasteiger partial charge in [0.1, 0.15) is 11.7 Å². The summed E-state index contributed by atoms with van der Waals surface area (Å²) in [5, 5.41) is 3.32. The summed E-state index contributed by atoms with van der Waals surface area (Å²) in [7, 11) is 3.20. The zero-order valence-corrected chi connectivity index (χ0v) is 14.5. The Morgan fingerprint density at radius 3 is 2.81 bits per heavy atom. The molecule has 0 aliphatic carbocycles. The minimum atomic E-state index is -0.115. The Hall–Kier alpha value is -3.35. The van der Waals surface area contributed by atoms with E-state index in [0.29, 0.717) is 36.0 Å². The summed E-state index contributed by atoms with van der Waals surface area (Å²) in [4.78, 5) is 23.2. The van der Waals surface area contributed by atoms with E-state index in [1.165, 1.54) is 0 Å². The number of nitrogens with zero attached hydrogens (tertiary/aromatic N) is 3. The lowest BCUT2D eigenvalue weighted by Crippen LogP contribution is -2.36. The number of hydrogen-bond acceptors (Lipinski definition) is 7. The number of benzene rings is 1. The number of rotatable bonds is 4. The molecular weight excluding hydrogens is 332 g/mol. The molecule has 0 unspecified atom stereocenters. The molecule has 1 N–H and O–H groups in total. The molecule has 0 bridgehead atoms. The quantitative estimate of drug-likeness (QED) is 0.674. The Balaban J connectivity index is 1.76. The number of methoxy groups -OCH3 is 2. The number of aliphatic imine (C=N–C) groups is 1. The van der Waals surface area contributed by atoms with Crippen molar-refractivity contribution in [3.63, 3.8) is 0 Å². The first-order valence-corrected chi connectivity index (χ1v) is 8.22. The van der Waals surface area contributed by atoms with Gasteiger partial charge in [-0.15, -0.1) is 0 Å². The molecule has 26 heavy (non-hydrogen) atoms. The van der Waals surface area contributed by atoms with Crippen LogP contribution in [0, 0.1) is 0 Å². The maximum absolute atomic E-state index is 12.6. The van der Waals surface area contributed by atoms with E-state index in [0.717, 1.165) is 17.1 Å². The lowest BCUT2D eigenvalue weighted by atomic mass is 10.1. The fourth-order valence-electron chi connectivity index (χ4n) is 3.12. The molecule has 7 nitrogen and oxygen atoms in total. The summed E-state index contributed by atoms with van der Waals surface area (Å²) < 4.78 is 10.8. The molecule has 2 aliphatic heterocycles. The Bertz CT molecular complexity index is 922. The molecule has 2 aromatic rings. The minimum absolute atomic E-state index is 0.115. The third kappa shape index (κ3) is 2.67. The molecule has 0 saturated heterocycles. The summed E-state index contributed by atoms with van der Waals surface area (Å²) in [6, 6.07) is 7.25. The lowest BCUT2D eigenvalue weighted by Gasteiger charge is -2.31. The highest BCUT2D eigenvalue weighted by atomic mass is 16.5. The molecule has 7 heteroatoms. The van der Waals surface area contributed by atoms with Crippen molar-refractivity contribution in [1.29, 1.82) is 0 Å². The Morgan fingerprint density at radius 2 is 2.08 bits per heavy atom. The second-order valence-electron chi connectivity index (χ2n) is 5.87. The number of hydrogen-bond donors (Lipinski definition) is 1. The summed E-state index contributed by atoms with van der Waals surface area (Å²) >= 11 is 0. The summed E-state index contributed by atoms with van der Waals surface area (Å²) in [6.07, 6.45) is 4.78. The van der Waals surface area contributed by atoms with E-state index in [9.17, 15) is 4.79 Å². The molecule has 1 aromatic heterocycles. The third-order valence-electron chi connectivity index (χ3n) is 4.37. The van der Waals surface area contributed by atoms with Gasteiger partial charge in [0.2, 0.25) is 0 Å². The number of fused-ring (bicyclic) bond motifs is 3. The highest BCUT2D eigenvalue weighted by molar-refractivity contribution is 6.10. The predicted octanol–water partition coefficient (Wildman–Crippen LogP) is 2.31. The van der Waals surface area contributed by atoms with E-state index >= 15 is 0 Å². The van der Waals surface area contributed by atoms with Crippen molar-refractivity contribution >= 4 is 17.3 Å². The molecule has 4 rings (SSSR count). The second kappa shape index (κ2) is 6.51. The van der Waals surface area contributed by atoms with Crippen LogP contribution in [0.1, 0.15) is 15.9 Å². The number of pyridine rings is 1. The molecular formula is C19H18N4O3. The first kappa shape index (κ1) is 16.1. The van der Waals surface area contributed by atoms with Gasteiger partial charge in [-0.25, -0.2) is 0 Å². The molecule has 1 aromatic carbocycles. The third-order valence-corrected chi connectivity index (χ3v) is 4.37. The smallest absolute Gasteiger partial charge is 0.191 e. The van der Waals surface area contributed by atoms with Gasteiger partial charge in [-0.3, -0.25) is 14.8 Å². The summed E-state index contributed by atoms with van der Waals surface area (Å²) in [5.74, 6) is 2.65. The molecule has 132 valence electrons. The van der Waals surface area contributed by atoms with Gasteiger partial charge >= 0.3 is 0 Å². The number of ether oxygens (including phenoxy) is 2. The summed E-state index contributed by atoms with van der Waals surface area (Å²) in [5.41, 5.74) is 2.29. The van der Waals surface area contributed by atoms with Crippen LogP contribution in [0.15, 0.2) is 53.5 Å².